The van der Waals surface area contributed by atoms with Crippen molar-refractivity contribution in [3.63, 3.8) is 0 Å². The molecule has 8 heteroatoms. The highest BCUT2D eigenvalue weighted by Gasteiger charge is 2.27. The van der Waals surface area contributed by atoms with Crippen LogP contribution in [0, 0.1) is 5.92 Å². The number of hydrogen-bond acceptors (Lipinski definition) is 6. The Bertz CT molecular complexity index is 1670. The van der Waals surface area contributed by atoms with Gasteiger partial charge in [0.05, 0.1) is 33.8 Å². The molecule has 0 bridgehead atoms. The molecule has 0 spiro atoms. The van der Waals surface area contributed by atoms with Crippen LogP contribution in [0.1, 0.15) is 31.7 Å². The summed E-state index contributed by atoms with van der Waals surface area (Å²) < 4.78 is 3.84. The van der Waals surface area contributed by atoms with Gasteiger partial charge in [0.2, 0.25) is 0 Å². The predicted molar refractivity (Wildman–Crippen MR) is 155 cm³/mol. The van der Waals surface area contributed by atoms with E-state index in [2.05, 4.69) is 69.4 Å². The fraction of sp³-hybridized carbons (Fsp3) is 0.258. The van der Waals surface area contributed by atoms with Gasteiger partial charge in [-0.2, -0.15) is 0 Å². The second-order valence-electron chi connectivity index (χ2n) is 10.5. The van der Waals surface area contributed by atoms with Crippen LogP contribution in [0.3, 0.4) is 0 Å². The van der Waals surface area contributed by atoms with Crippen LogP contribution in [-0.2, 0) is 0 Å². The number of piperidine rings is 1. The molecule has 2 aliphatic rings. The Balaban J connectivity index is 1.35. The lowest BCUT2D eigenvalue weighted by Crippen LogP contribution is -2.34. The number of nitrogens with zero attached hydrogens (tertiary/aromatic N) is 8. The van der Waals surface area contributed by atoms with E-state index in [1.54, 1.807) is 0 Å². The maximum absolute atomic E-state index is 5.29. The van der Waals surface area contributed by atoms with Crippen molar-refractivity contribution in [3.8, 4) is 11.4 Å². The van der Waals surface area contributed by atoms with Crippen LogP contribution in [0.2, 0.25) is 0 Å². The lowest BCUT2D eigenvalue weighted by molar-refractivity contribution is 0.217. The molecule has 0 atom stereocenters. The summed E-state index contributed by atoms with van der Waals surface area (Å²) in [6.45, 7) is 9.23. The first-order chi connectivity index (χ1) is 19.2. The van der Waals surface area contributed by atoms with E-state index in [1.165, 1.54) is 5.57 Å². The molecule has 39 heavy (non-hydrogen) atoms. The molecule has 3 aromatic carbocycles. The predicted octanol–water partition coefficient (Wildman–Crippen LogP) is 5.52. The summed E-state index contributed by atoms with van der Waals surface area (Å²) in [7, 11) is 0. The summed E-state index contributed by atoms with van der Waals surface area (Å²) in [6.07, 6.45) is 5.21. The lowest BCUT2D eigenvalue weighted by Gasteiger charge is -2.30. The minimum atomic E-state index is 0.628. The summed E-state index contributed by atoms with van der Waals surface area (Å²) in [4.78, 5) is 7.81. The van der Waals surface area contributed by atoms with Gasteiger partial charge in [-0.05, 0) is 80.7 Å². The second-order valence-corrected chi connectivity index (χ2v) is 10.5. The van der Waals surface area contributed by atoms with E-state index in [0.29, 0.717) is 5.92 Å². The van der Waals surface area contributed by atoms with Gasteiger partial charge in [-0.1, -0.05) is 46.8 Å². The monoisotopic (exact) mass is 514 g/mol. The molecule has 194 valence electrons. The fourth-order valence-corrected chi connectivity index (χ4v) is 5.79. The van der Waals surface area contributed by atoms with Crippen molar-refractivity contribution in [1.82, 2.24) is 34.9 Å². The van der Waals surface area contributed by atoms with Crippen molar-refractivity contribution in [3.05, 3.63) is 96.2 Å². The van der Waals surface area contributed by atoms with Crippen LogP contribution in [0.25, 0.3) is 33.4 Å². The molecular weight excluding hydrogens is 484 g/mol. The number of rotatable bonds is 6. The van der Waals surface area contributed by atoms with Gasteiger partial charge < -0.3 is 0 Å². The summed E-state index contributed by atoms with van der Waals surface area (Å²) >= 11 is 0. The van der Waals surface area contributed by atoms with Crippen molar-refractivity contribution in [1.29, 1.82) is 0 Å². The number of aromatic nitrogens is 6. The van der Waals surface area contributed by atoms with Gasteiger partial charge in [0.15, 0.2) is 0 Å². The first kappa shape index (κ1) is 23.7. The molecule has 1 saturated heterocycles. The topological polar surface area (TPSA) is 77.0 Å². The Kier molecular flexibility index (Phi) is 5.89. The van der Waals surface area contributed by atoms with Gasteiger partial charge in [-0.25, -0.2) is 9.36 Å². The molecule has 5 aromatic rings. The first-order valence-corrected chi connectivity index (χ1v) is 13.6. The molecule has 1 fully saturated rings. The molecule has 0 amide bonds. The van der Waals surface area contributed by atoms with Gasteiger partial charge in [0, 0.05) is 18.5 Å². The zero-order valence-corrected chi connectivity index (χ0v) is 22.0. The van der Waals surface area contributed by atoms with E-state index in [-0.39, 0.29) is 0 Å². The van der Waals surface area contributed by atoms with Crippen molar-refractivity contribution >= 4 is 27.8 Å². The lowest BCUT2D eigenvalue weighted by atomic mass is 9.97. The van der Waals surface area contributed by atoms with E-state index in [1.807, 2.05) is 51.8 Å². The molecular formula is C31H30N8. The zero-order valence-electron chi connectivity index (χ0n) is 22.0. The third kappa shape index (κ3) is 4.17. The quantitative estimate of drug-likeness (QED) is 0.279. The molecule has 0 radical (unpaired) electrons. The van der Waals surface area contributed by atoms with Crippen molar-refractivity contribution in [2.24, 2.45) is 10.9 Å². The van der Waals surface area contributed by atoms with Crippen molar-refractivity contribution in [2.75, 3.05) is 19.6 Å². The van der Waals surface area contributed by atoms with Gasteiger partial charge in [0.1, 0.15) is 11.0 Å². The Morgan fingerprint density at radius 2 is 1.41 bits per heavy atom. The number of fused-ring (bicyclic) bond motifs is 2. The Morgan fingerprint density at radius 3 is 2.00 bits per heavy atom. The molecule has 0 saturated carbocycles. The van der Waals surface area contributed by atoms with Gasteiger partial charge in [-0.3, -0.25) is 9.89 Å². The maximum atomic E-state index is 5.29. The smallest absolute Gasteiger partial charge is 0.113 e. The number of benzene rings is 3. The minimum absolute atomic E-state index is 0.628. The maximum Gasteiger partial charge on any atom is 0.113 e. The second kappa shape index (κ2) is 9.71. The van der Waals surface area contributed by atoms with Crippen LogP contribution in [0.4, 0.5) is 0 Å². The van der Waals surface area contributed by atoms with Crippen LogP contribution < -0.4 is 0 Å². The molecule has 2 aliphatic heterocycles. The van der Waals surface area contributed by atoms with Crippen LogP contribution in [-0.4, -0.2) is 60.2 Å². The highest BCUT2D eigenvalue weighted by molar-refractivity contribution is 6.10. The average molecular weight is 515 g/mol. The molecule has 0 unspecified atom stereocenters. The SMILES string of the molecule is C=CC1CCN(CC2=C(C)CC(c3c(-n4nnc5ccccc54)cccc3-n3nnc4ccccc43)=N2)CC1. The highest BCUT2D eigenvalue weighted by atomic mass is 15.4. The Labute approximate surface area is 227 Å². The number of para-hydroxylation sites is 2. The Hall–Kier alpha value is -4.43. The number of allylic oxidation sites excluding steroid dienone is 2. The van der Waals surface area contributed by atoms with Gasteiger partial charge >= 0.3 is 0 Å². The van der Waals surface area contributed by atoms with E-state index in [0.717, 1.165) is 89.3 Å². The minimum Gasteiger partial charge on any atom is -0.297 e. The zero-order chi connectivity index (χ0) is 26.3. The van der Waals surface area contributed by atoms with E-state index in [4.69, 9.17) is 4.99 Å². The van der Waals surface area contributed by atoms with Gasteiger partial charge in [0.25, 0.3) is 0 Å². The van der Waals surface area contributed by atoms with Crippen molar-refractivity contribution in [2.45, 2.75) is 26.2 Å². The number of likely N-dealkylation sites (tertiary alicyclic amines) is 1. The summed E-state index contributed by atoms with van der Waals surface area (Å²) in [5, 5.41) is 18.0. The standard InChI is InChI=1S/C31H30N8/c1-3-22-15-17-37(18-16-22)20-26-21(2)19-25(32-26)31-29(38-27-11-6-4-9-23(27)33-35-38)13-8-14-30(31)39-28-12-7-5-10-24(28)34-36-39/h3-14,22H,1,15-20H2,2H3. The normalized spacial score (nSPS) is 16.9. The van der Waals surface area contributed by atoms with E-state index < -0.39 is 0 Å². The molecule has 0 N–H and O–H groups in total. The molecule has 4 heterocycles. The summed E-state index contributed by atoms with van der Waals surface area (Å²) in [6, 6.07) is 22.3. The van der Waals surface area contributed by atoms with E-state index in [9.17, 15) is 0 Å². The summed E-state index contributed by atoms with van der Waals surface area (Å²) in [5.74, 6) is 0.628. The molecule has 0 aliphatic carbocycles. The number of aliphatic imine (C=N–C) groups is 1. The first-order valence-electron chi connectivity index (χ1n) is 13.6. The molecule has 7 rings (SSSR count). The third-order valence-corrected chi connectivity index (χ3v) is 8.00. The average Bonchev–Trinajstić information content (AvgIpc) is 3.70. The summed E-state index contributed by atoms with van der Waals surface area (Å²) in [5.41, 5.74) is 9.97. The largest absolute Gasteiger partial charge is 0.297 e. The third-order valence-electron chi connectivity index (χ3n) is 8.00. The molecule has 8 nitrogen and oxygen atoms in total. The van der Waals surface area contributed by atoms with E-state index >= 15 is 0 Å². The van der Waals surface area contributed by atoms with Crippen LogP contribution in [0.5, 0.6) is 0 Å². The van der Waals surface area contributed by atoms with Crippen LogP contribution >= 0.6 is 0 Å². The van der Waals surface area contributed by atoms with Gasteiger partial charge in [-0.15, -0.1) is 16.8 Å². The van der Waals surface area contributed by atoms with Crippen LogP contribution in [0.15, 0.2) is 95.6 Å². The Morgan fingerprint density at radius 1 is 0.821 bits per heavy atom. The fourth-order valence-electron chi connectivity index (χ4n) is 5.79. The van der Waals surface area contributed by atoms with Crippen molar-refractivity contribution < 1.29 is 0 Å². The highest BCUT2D eigenvalue weighted by Crippen LogP contribution is 2.33. The number of hydrogen-bond donors (Lipinski definition) is 0. The molecule has 2 aromatic heterocycles.